The van der Waals surface area contributed by atoms with Gasteiger partial charge >= 0.3 is 6.03 Å². The molecule has 0 aliphatic carbocycles. The number of urea groups is 1. The van der Waals surface area contributed by atoms with Crippen LogP contribution in [0.2, 0.25) is 0 Å². The van der Waals surface area contributed by atoms with Crippen LogP contribution in [-0.4, -0.2) is 42.3 Å². The minimum absolute atomic E-state index is 0.000319. The van der Waals surface area contributed by atoms with Crippen LogP contribution in [0.25, 0.3) is 0 Å². The van der Waals surface area contributed by atoms with Crippen LogP contribution >= 0.6 is 0 Å². The topological polar surface area (TPSA) is 87.8 Å². The second-order valence-corrected chi connectivity index (χ2v) is 7.36. The van der Waals surface area contributed by atoms with Crippen LogP contribution in [-0.2, 0) is 5.54 Å². The van der Waals surface area contributed by atoms with Gasteiger partial charge in [0.2, 0.25) is 0 Å². The number of likely N-dealkylation sites (tertiary alicyclic amines) is 1. The monoisotopic (exact) mass is 401 g/mol. The lowest BCUT2D eigenvalue weighted by molar-refractivity contribution is -0.00788. The highest BCUT2D eigenvalue weighted by Crippen LogP contribution is 2.37. The number of primary amides is 1. The maximum atomic E-state index is 13.4. The molecule has 0 radical (unpaired) electrons. The molecule has 4 N–H and O–H groups in total. The lowest BCUT2D eigenvalue weighted by atomic mass is 9.80. The molecular formula is C22H28FN3O3. The first kappa shape index (κ1) is 21.1. The summed E-state index contributed by atoms with van der Waals surface area (Å²) >= 11 is 0. The molecule has 7 heteroatoms. The van der Waals surface area contributed by atoms with Gasteiger partial charge < -0.3 is 20.9 Å². The van der Waals surface area contributed by atoms with Crippen LogP contribution < -0.4 is 15.8 Å². The molecule has 1 heterocycles. The largest absolute Gasteiger partial charge is 0.493 e. The Morgan fingerprint density at radius 2 is 2.03 bits per heavy atom. The van der Waals surface area contributed by atoms with Crippen molar-refractivity contribution in [1.29, 1.82) is 0 Å². The molecule has 1 atom stereocenters. The number of aliphatic hydroxyl groups is 1. The number of nitrogens with zero attached hydrogens (tertiary/aromatic N) is 1. The standard InChI is InChI=1S/C22H28FN3O3/c23-18-9-7-17(8-10-18)22(16-27)11-1-2-12-26(22)13-4-14-29-20-6-3-5-19(15-20)25-21(24)28/h3,5-10,15,27H,1-2,4,11-14,16H2,(H3,24,25,28). The van der Waals surface area contributed by atoms with Crippen molar-refractivity contribution < 1.29 is 19.0 Å². The van der Waals surface area contributed by atoms with Gasteiger partial charge in [0.1, 0.15) is 11.6 Å². The first-order chi connectivity index (χ1) is 14.0. The van der Waals surface area contributed by atoms with Crippen molar-refractivity contribution in [2.75, 3.05) is 31.6 Å². The Morgan fingerprint density at radius 1 is 1.24 bits per heavy atom. The number of piperidine rings is 1. The number of anilines is 1. The number of benzene rings is 2. The molecule has 1 fully saturated rings. The molecule has 0 bridgehead atoms. The molecule has 29 heavy (non-hydrogen) atoms. The Labute approximate surface area is 170 Å². The maximum absolute atomic E-state index is 13.4. The van der Waals surface area contributed by atoms with Gasteiger partial charge in [-0.05, 0) is 62.1 Å². The molecule has 2 aromatic rings. The fourth-order valence-corrected chi connectivity index (χ4v) is 4.03. The molecule has 156 valence electrons. The summed E-state index contributed by atoms with van der Waals surface area (Å²) < 4.78 is 19.2. The van der Waals surface area contributed by atoms with Gasteiger partial charge in [-0.15, -0.1) is 0 Å². The number of rotatable bonds is 8. The maximum Gasteiger partial charge on any atom is 0.316 e. The van der Waals surface area contributed by atoms with Crippen molar-refractivity contribution in [3.05, 3.63) is 59.9 Å². The summed E-state index contributed by atoms with van der Waals surface area (Å²) in [5, 5.41) is 12.8. The number of carbonyl (C=O) groups excluding carboxylic acids is 1. The molecule has 1 aliphatic rings. The molecule has 3 rings (SSSR count). The minimum atomic E-state index is -0.617. The van der Waals surface area contributed by atoms with E-state index in [1.54, 1.807) is 30.3 Å². The van der Waals surface area contributed by atoms with E-state index in [9.17, 15) is 14.3 Å². The van der Waals surface area contributed by atoms with Crippen LogP contribution in [0.4, 0.5) is 14.9 Å². The number of halogens is 1. The Kier molecular flexibility index (Phi) is 7.06. The first-order valence-corrected chi connectivity index (χ1v) is 9.95. The van der Waals surface area contributed by atoms with E-state index in [2.05, 4.69) is 10.2 Å². The predicted octanol–water partition coefficient (Wildman–Crippen LogP) is 3.46. The van der Waals surface area contributed by atoms with Crippen LogP contribution in [0.5, 0.6) is 5.75 Å². The third-order valence-corrected chi connectivity index (χ3v) is 5.46. The molecule has 2 amide bonds. The Hall–Kier alpha value is -2.64. The molecular weight excluding hydrogens is 373 g/mol. The summed E-state index contributed by atoms with van der Waals surface area (Å²) in [5.74, 6) is 0.382. The van der Waals surface area contributed by atoms with E-state index in [0.717, 1.165) is 44.3 Å². The van der Waals surface area contributed by atoms with E-state index >= 15 is 0 Å². The zero-order chi connectivity index (χ0) is 20.7. The lowest BCUT2D eigenvalue weighted by Crippen LogP contribution is -2.52. The number of ether oxygens (including phenoxy) is 1. The SMILES string of the molecule is NC(=O)Nc1cccc(OCCCN2CCCCC2(CO)c2ccc(F)cc2)c1. The van der Waals surface area contributed by atoms with Gasteiger partial charge in [0, 0.05) is 18.3 Å². The number of aliphatic hydroxyl groups excluding tert-OH is 1. The molecule has 6 nitrogen and oxygen atoms in total. The molecule has 1 aliphatic heterocycles. The van der Waals surface area contributed by atoms with Gasteiger partial charge in [-0.25, -0.2) is 9.18 Å². The number of amides is 2. The van der Waals surface area contributed by atoms with E-state index in [1.165, 1.54) is 12.1 Å². The normalized spacial score (nSPS) is 19.7. The molecule has 0 spiro atoms. The van der Waals surface area contributed by atoms with Gasteiger partial charge in [0.05, 0.1) is 18.8 Å². The van der Waals surface area contributed by atoms with Crippen molar-refractivity contribution in [3.63, 3.8) is 0 Å². The van der Waals surface area contributed by atoms with Gasteiger partial charge in [0.25, 0.3) is 0 Å². The second-order valence-electron chi connectivity index (χ2n) is 7.36. The van der Waals surface area contributed by atoms with Crippen molar-refractivity contribution in [3.8, 4) is 5.75 Å². The average molecular weight is 401 g/mol. The summed E-state index contributed by atoms with van der Waals surface area (Å²) in [5.41, 5.74) is 6.20. The third kappa shape index (κ3) is 5.25. The lowest BCUT2D eigenvalue weighted by Gasteiger charge is -2.47. The molecule has 0 aromatic heterocycles. The third-order valence-electron chi connectivity index (χ3n) is 5.46. The van der Waals surface area contributed by atoms with E-state index in [0.29, 0.717) is 18.0 Å². The van der Waals surface area contributed by atoms with Gasteiger partial charge in [0.15, 0.2) is 0 Å². The molecule has 2 aromatic carbocycles. The smallest absolute Gasteiger partial charge is 0.316 e. The number of nitrogens with two attached hydrogens (primary N) is 1. The van der Waals surface area contributed by atoms with Gasteiger partial charge in [-0.1, -0.05) is 18.2 Å². The summed E-state index contributed by atoms with van der Waals surface area (Å²) in [4.78, 5) is 13.3. The molecule has 0 saturated carbocycles. The van der Waals surface area contributed by atoms with Crippen molar-refractivity contribution in [2.45, 2.75) is 31.2 Å². The quantitative estimate of drug-likeness (QED) is 0.591. The summed E-state index contributed by atoms with van der Waals surface area (Å²) in [6.45, 7) is 2.15. The zero-order valence-corrected chi connectivity index (χ0v) is 16.4. The highest BCUT2D eigenvalue weighted by Gasteiger charge is 2.39. The summed E-state index contributed by atoms with van der Waals surface area (Å²) in [6.07, 6.45) is 3.72. The highest BCUT2D eigenvalue weighted by atomic mass is 19.1. The Morgan fingerprint density at radius 3 is 2.76 bits per heavy atom. The second kappa shape index (κ2) is 9.71. The number of hydrogen-bond donors (Lipinski definition) is 3. The van der Waals surface area contributed by atoms with Crippen molar-refractivity contribution in [2.24, 2.45) is 5.73 Å². The van der Waals surface area contributed by atoms with E-state index in [4.69, 9.17) is 10.5 Å². The fraction of sp³-hybridized carbons (Fsp3) is 0.409. The highest BCUT2D eigenvalue weighted by molar-refractivity contribution is 5.87. The summed E-state index contributed by atoms with van der Waals surface area (Å²) in [7, 11) is 0. The van der Waals surface area contributed by atoms with Crippen LogP contribution in [0, 0.1) is 5.82 Å². The van der Waals surface area contributed by atoms with Crippen LogP contribution in [0.15, 0.2) is 48.5 Å². The Balaban J connectivity index is 1.60. The fourth-order valence-electron chi connectivity index (χ4n) is 4.03. The molecule has 1 saturated heterocycles. The first-order valence-electron chi connectivity index (χ1n) is 9.95. The van der Waals surface area contributed by atoms with Crippen molar-refractivity contribution >= 4 is 11.7 Å². The average Bonchev–Trinajstić information content (AvgIpc) is 2.72. The van der Waals surface area contributed by atoms with Gasteiger partial charge in [-0.3, -0.25) is 4.90 Å². The minimum Gasteiger partial charge on any atom is -0.493 e. The van der Waals surface area contributed by atoms with Crippen LogP contribution in [0.1, 0.15) is 31.2 Å². The van der Waals surface area contributed by atoms with Gasteiger partial charge in [-0.2, -0.15) is 0 Å². The van der Waals surface area contributed by atoms with E-state index in [-0.39, 0.29) is 12.4 Å². The van der Waals surface area contributed by atoms with Crippen LogP contribution in [0.3, 0.4) is 0 Å². The molecule has 1 unspecified atom stereocenters. The van der Waals surface area contributed by atoms with Crippen molar-refractivity contribution in [1.82, 2.24) is 4.90 Å². The predicted molar refractivity (Wildman–Crippen MR) is 110 cm³/mol. The summed E-state index contributed by atoms with van der Waals surface area (Å²) in [6, 6.07) is 12.9. The zero-order valence-electron chi connectivity index (χ0n) is 16.4. The Bertz CT molecular complexity index is 815. The number of nitrogens with one attached hydrogen (secondary N) is 1. The van der Waals surface area contributed by atoms with E-state index in [1.807, 2.05) is 6.07 Å². The number of carbonyl (C=O) groups is 1. The van der Waals surface area contributed by atoms with E-state index < -0.39 is 11.6 Å². The number of hydrogen-bond acceptors (Lipinski definition) is 4.